The molecule has 0 unspecified atom stereocenters. The van der Waals surface area contributed by atoms with Crippen LogP contribution in [0.3, 0.4) is 0 Å². The summed E-state index contributed by atoms with van der Waals surface area (Å²) in [6.45, 7) is 7.44. The van der Waals surface area contributed by atoms with Crippen LogP contribution in [0.1, 0.15) is 39.2 Å². The Bertz CT molecular complexity index is 341. The normalized spacial score (nSPS) is 11.5. The number of hydrogen-bond acceptors (Lipinski definition) is 2. The Hall–Kier alpha value is -1.15. The lowest BCUT2D eigenvalue weighted by Crippen LogP contribution is -2.35. The highest BCUT2D eigenvalue weighted by molar-refractivity contribution is 5.86. The first kappa shape index (κ1) is 13.9. The molecule has 2 nitrogen and oxygen atoms in total. The van der Waals surface area contributed by atoms with E-state index in [9.17, 15) is 4.79 Å². The molecule has 0 heterocycles. The van der Waals surface area contributed by atoms with Crippen molar-refractivity contribution in [3.8, 4) is 0 Å². The predicted molar refractivity (Wildman–Crippen MR) is 71.8 cm³/mol. The van der Waals surface area contributed by atoms with E-state index >= 15 is 0 Å². The number of ketones is 1. The molecule has 0 spiro atoms. The van der Waals surface area contributed by atoms with E-state index in [1.807, 2.05) is 18.2 Å². The summed E-state index contributed by atoms with van der Waals surface area (Å²) >= 11 is 0. The summed E-state index contributed by atoms with van der Waals surface area (Å²) in [4.78, 5) is 12.1. The molecular formula is C15H23NO. The van der Waals surface area contributed by atoms with Gasteiger partial charge >= 0.3 is 0 Å². The van der Waals surface area contributed by atoms with E-state index in [1.54, 1.807) is 0 Å². The Morgan fingerprint density at radius 2 is 1.76 bits per heavy atom. The summed E-state index contributed by atoms with van der Waals surface area (Å²) in [5.74, 6) is 0.318. The minimum Gasteiger partial charge on any atom is -0.306 e. The number of carbonyl (C=O) groups is 1. The predicted octanol–water partition coefficient (Wildman–Crippen LogP) is 3.17. The third kappa shape index (κ3) is 3.97. The molecule has 1 aromatic carbocycles. The highest BCUT2D eigenvalue weighted by atomic mass is 16.1. The molecule has 0 atom stereocenters. The van der Waals surface area contributed by atoms with Crippen molar-refractivity contribution < 1.29 is 4.79 Å². The fourth-order valence-electron chi connectivity index (χ4n) is 1.77. The van der Waals surface area contributed by atoms with Gasteiger partial charge in [-0.1, -0.05) is 51.1 Å². The first-order chi connectivity index (χ1) is 8.12. The Morgan fingerprint density at radius 3 is 2.29 bits per heavy atom. The maximum absolute atomic E-state index is 12.1. The molecule has 0 saturated heterocycles. The van der Waals surface area contributed by atoms with Crippen LogP contribution in [0.5, 0.6) is 0 Å². The lowest BCUT2D eigenvalue weighted by molar-refractivity contribution is -0.127. The third-order valence-corrected chi connectivity index (χ3v) is 3.69. The standard InChI is InChI=1S/C15H23NO/c1-4-15(3,5-2)14(17)12-16-11-13-9-7-6-8-10-13/h6-10,16H,4-5,11-12H2,1-3H3. The van der Waals surface area contributed by atoms with Gasteiger partial charge in [0.15, 0.2) is 5.78 Å². The van der Waals surface area contributed by atoms with Gasteiger partial charge in [0.2, 0.25) is 0 Å². The quantitative estimate of drug-likeness (QED) is 0.783. The van der Waals surface area contributed by atoms with Gasteiger partial charge in [0.1, 0.15) is 0 Å². The Labute approximate surface area is 104 Å². The maximum Gasteiger partial charge on any atom is 0.152 e. The molecule has 94 valence electrons. The molecule has 0 bridgehead atoms. The Morgan fingerprint density at radius 1 is 1.18 bits per heavy atom. The first-order valence-electron chi connectivity index (χ1n) is 6.40. The SMILES string of the molecule is CCC(C)(CC)C(=O)CNCc1ccccc1. The van der Waals surface area contributed by atoms with Crippen LogP contribution in [-0.2, 0) is 11.3 Å². The Balaban J connectivity index is 2.39. The van der Waals surface area contributed by atoms with Gasteiger partial charge in [0.05, 0.1) is 6.54 Å². The zero-order valence-corrected chi connectivity index (χ0v) is 11.1. The Kier molecular flexibility index (Phi) is 5.36. The minimum atomic E-state index is -0.163. The van der Waals surface area contributed by atoms with Gasteiger partial charge < -0.3 is 5.32 Å². The summed E-state index contributed by atoms with van der Waals surface area (Å²) in [6.07, 6.45) is 1.82. The lowest BCUT2D eigenvalue weighted by Gasteiger charge is -2.24. The fraction of sp³-hybridized carbons (Fsp3) is 0.533. The lowest BCUT2D eigenvalue weighted by atomic mass is 9.80. The van der Waals surface area contributed by atoms with Crippen molar-refractivity contribution in [1.82, 2.24) is 5.32 Å². The van der Waals surface area contributed by atoms with Gasteiger partial charge in [-0.3, -0.25) is 4.79 Å². The van der Waals surface area contributed by atoms with Crippen LogP contribution < -0.4 is 5.32 Å². The molecule has 1 aromatic rings. The smallest absolute Gasteiger partial charge is 0.152 e. The molecule has 0 amide bonds. The monoisotopic (exact) mass is 233 g/mol. The third-order valence-electron chi connectivity index (χ3n) is 3.69. The molecule has 0 aliphatic heterocycles. The van der Waals surface area contributed by atoms with Crippen molar-refractivity contribution in [2.75, 3.05) is 6.54 Å². The molecule has 17 heavy (non-hydrogen) atoms. The van der Waals surface area contributed by atoms with Gasteiger partial charge in [-0.25, -0.2) is 0 Å². The van der Waals surface area contributed by atoms with E-state index in [4.69, 9.17) is 0 Å². The second-order valence-electron chi connectivity index (χ2n) is 4.78. The largest absolute Gasteiger partial charge is 0.306 e. The second kappa shape index (κ2) is 6.55. The fourth-order valence-corrected chi connectivity index (χ4v) is 1.77. The van der Waals surface area contributed by atoms with Gasteiger partial charge in [-0.05, 0) is 18.4 Å². The molecule has 0 radical (unpaired) electrons. The van der Waals surface area contributed by atoms with Crippen molar-refractivity contribution >= 4 is 5.78 Å². The van der Waals surface area contributed by atoms with Crippen LogP contribution in [0, 0.1) is 5.41 Å². The van der Waals surface area contributed by atoms with Crippen molar-refractivity contribution in [3.05, 3.63) is 35.9 Å². The molecule has 0 aromatic heterocycles. The molecule has 0 aliphatic carbocycles. The van der Waals surface area contributed by atoms with Gasteiger partial charge in [-0.2, -0.15) is 0 Å². The number of nitrogens with one attached hydrogen (secondary N) is 1. The van der Waals surface area contributed by atoms with Crippen LogP contribution in [0.2, 0.25) is 0 Å². The number of rotatable bonds is 7. The molecule has 0 saturated carbocycles. The van der Waals surface area contributed by atoms with Crippen LogP contribution in [0.4, 0.5) is 0 Å². The van der Waals surface area contributed by atoms with E-state index in [0.717, 1.165) is 19.4 Å². The van der Waals surface area contributed by atoms with E-state index < -0.39 is 0 Å². The highest BCUT2D eigenvalue weighted by Crippen LogP contribution is 2.25. The average molecular weight is 233 g/mol. The molecule has 0 fully saturated rings. The van der Waals surface area contributed by atoms with E-state index in [1.165, 1.54) is 5.56 Å². The summed E-state index contributed by atoms with van der Waals surface area (Å²) in [7, 11) is 0. The minimum absolute atomic E-state index is 0.163. The zero-order valence-electron chi connectivity index (χ0n) is 11.1. The number of Topliss-reactive ketones (excluding diaryl/α,β-unsaturated/α-hetero) is 1. The molecule has 1 N–H and O–H groups in total. The molecule has 0 aliphatic rings. The van der Waals surface area contributed by atoms with E-state index in [0.29, 0.717) is 12.3 Å². The highest BCUT2D eigenvalue weighted by Gasteiger charge is 2.27. The zero-order chi connectivity index (χ0) is 12.7. The molecule has 2 heteroatoms. The van der Waals surface area contributed by atoms with Crippen LogP contribution in [0.25, 0.3) is 0 Å². The van der Waals surface area contributed by atoms with E-state index in [-0.39, 0.29) is 5.41 Å². The maximum atomic E-state index is 12.1. The molecular weight excluding hydrogens is 210 g/mol. The van der Waals surface area contributed by atoms with Crippen molar-refractivity contribution in [2.45, 2.75) is 40.2 Å². The van der Waals surface area contributed by atoms with Crippen molar-refractivity contribution in [3.63, 3.8) is 0 Å². The summed E-state index contributed by atoms with van der Waals surface area (Å²) in [5.41, 5.74) is 1.05. The summed E-state index contributed by atoms with van der Waals surface area (Å²) in [5, 5.41) is 3.23. The molecule has 1 rings (SSSR count). The van der Waals surface area contributed by atoms with Crippen LogP contribution in [-0.4, -0.2) is 12.3 Å². The first-order valence-corrected chi connectivity index (χ1v) is 6.40. The second-order valence-corrected chi connectivity index (χ2v) is 4.78. The van der Waals surface area contributed by atoms with Crippen molar-refractivity contribution in [2.24, 2.45) is 5.41 Å². The summed E-state index contributed by atoms with van der Waals surface area (Å²) in [6, 6.07) is 10.2. The number of benzene rings is 1. The van der Waals surface area contributed by atoms with Gasteiger partial charge in [-0.15, -0.1) is 0 Å². The summed E-state index contributed by atoms with van der Waals surface area (Å²) < 4.78 is 0. The number of carbonyl (C=O) groups excluding carboxylic acids is 1. The van der Waals surface area contributed by atoms with Gasteiger partial charge in [0, 0.05) is 12.0 Å². The topological polar surface area (TPSA) is 29.1 Å². The number of hydrogen-bond donors (Lipinski definition) is 1. The van der Waals surface area contributed by atoms with Crippen molar-refractivity contribution in [1.29, 1.82) is 0 Å². The average Bonchev–Trinajstić information content (AvgIpc) is 2.39. The van der Waals surface area contributed by atoms with Crippen LogP contribution >= 0.6 is 0 Å². The van der Waals surface area contributed by atoms with E-state index in [2.05, 4.69) is 38.2 Å². The van der Waals surface area contributed by atoms with Gasteiger partial charge in [0.25, 0.3) is 0 Å². The van der Waals surface area contributed by atoms with Crippen LogP contribution in [0.15, 0.2) is 30.3 Å².